The van der Waals surface area contributed by atoms with Gasteiger partial charge in [0.05, 0.1) is 12.7 Å². The Balaban J connectivity index is 1.28. The van der Waals surface area contributed by atoms with Crippen molar-refractivity contribution < 1.29 is 19.7 Å². The van der Waals surface area contributed by atoms with Gasteiger partial charge in [-0.1, -0.05) is 56.3 Å². The highest BCUT2D eigenvalue weighted by molar-refractivity contribution is 5.87. The maximum absolute atomic E-state index is 12.4. The predicted molar refractivity (Wildman–Crippen MR) is 129 cm³/mol. The highest BCUT2D eigenvalue weighted by Gasteiger charge is 2.65. The molecule has 4 nitrogen and oxygen atoms in total. The van der Waals surface area contributed by atoms with Gasteiger partial charge in [-0.3, -0.25) is 0 Å². The number of rotatable bonds is 5. The molecule has 178 valence electrons. The molecule has 5 rings (SSSR count). The Morgan fingerprint density at radius 2 is 1.82 bits per heavy atom. The lowest BCUT2D eigenvalue weighted by Gasteiger charge is -2.65. The van der Waals surface area contributed by atoms with Crippen LogP contribution in [-0.2, 0) is 9.53 Å². The predicted octanol–water partition coefficient (Wildman–Crippen LogP) is 5.16. The van der Waals surface area contributed by atoms with E-state index < -0.39 is 11.5 Å². The molecule has 1 aromatic carbocycles. The third-order valence-corrected chi connectivity index (χ3v) is 10.1. The fraction of sp³-hybridized carbons (Fsp3) is 0.621. The second kappa shape index (κ2) is 8.09. The summed E-state index contributed by atoms with van der Waals surface area (Å²) in [5.41, 5.74) is 0.820. The summed E-state index contributed by atoms with van der Waals surface area (Å²) in [7, 11) is 0. The second-order valence-electron chi connectivity index (χ2n) is 11.9. The molecule has 4 aliphatic carbocycles. The van der Waals surface area contributed by atoms with Gasteiger partial charge in [0, 0.05) is 16.9 Å². The van der Waals surface area contributed by atoms with Gasteiger partial charge >= 0.3 is 5.97 Å². The van der Waals surface area contributed by atoms with Crippen molar-refractivity contribution >= 4 is 12.0 Å². The number of allylic oxidation sites excluding steroid dienone is 1. The molecule has 3 saturated carbocycles. The van der Waals surface area contributed by atoms with Gasteiger partial charge in [0.15, 0.2) is 0 Å². The Hall–Kier alpha value is -1.91. The zero-order valence-corrected chi connectivity index (χ0v) is 20.0. The van der Waals surface area contributed by atoms with Crippen molar-refractivity contribution in [2.24, 2.45) is 33.5 Å². The highest BCUT2D eigenvalue weighted by atomic mass is 16.5. The first-order valence-electron chi connectivity index (χ1n) is 12.6. The maximum atomic E-state index is 12.4. The van der Waals surface area contributed by atoms with Crippen LogP contribution in [0.4, 0.5) is 0 Å². The van der Waals surface area contributed by atoms with E-state index in [1.807, 2.05) is 30.3 Å². The molecule has 0 aliphatic heterocycles. The van der Waals surface area contributed by atoms with Gasteiger partial charge in [-0.25, -0.2) is 4.79 Å². The molecule has 0 aromatic heterocycles. The van der Waals surface area contributed by atoms with E-state index in [2.05, 4.69) is 26.0 Å². The molecular weight excluding hydrogens is 412 g/mol. The van der Waals surface area contributed by atoms with Crippen LogP contribution in [0.5, 0.6) is 0 Å². The van der Waals surface area contributed by atoms with Gasteiger partial charge in [0.2, 0.25) is 0 Å². The molecule has 2 N–H and O–H groups in total. The number of hydrogen-bond acceptors (Lipinski definition) is 4. The van der Waals surface area contributed by atoms with Crippen molar-refractivity contribution in [3.8, 4) is 0 Å². The topological polar surface area (TPSA) is 66.8 Å². The summed E-state index contributed by atoms with van der Waals surface area (Å²) in [5.74, 6) is 0.625. The van der Waals surface area contributed by atoms with Crippen LogP contribution in [-0.4, -0.2) is 35.5 Å². The van der Waals surface area contributed by atoms with Crippen LogP contribution in [0.15, 0.2) is 48.6 Å². The third-order valence-electron chi connectivity index (χ3n) is 10.1. The monoisotopic (exact) mass is 450 g/mol. The lowest BCUT2D eigenvalue weighted by Crippen LogP contribution is -2.61. The number of ether oxygens (including phenoxy) is 1. The SMILES string of the molecule is C[C@]1(CO)[C@H]2CC[C@@]34C=C[C@@](COC(=O)/C=C/c5ccccc5)(CC[C@H]3[C@]2(C)CC[C@@H]1O)C4. The molecular formula is C29H38O4. The number of aliphatic hydroxyl groups is 2. The molecule has 0 saturated heterocycles. The van der Waals surface area contributed by atoms with E-state index in [4.69, 9.17) is 4.74 Å². The van der Waals surface area contributed by atoms with Crippen LogP contribution in [0.25, 0.3) is 6.08 Å². The molecule has 2 bridgehead atoms. The molecule has 0 amide bonds. The molecule has 33 heavy (non-hydrogen) atoms. The van der Waals surface area contributed by atoms with Gasteiger partial charge in [-0.15, -0.1) is 0 Å². The number of aliphatic hydroxyl groups excluding tert-OH is 2. The summed E-state index contributed by atoms with van der Waals surface area (Å²) in [5, 5.41) is 21.0. The van der Waals surface area contributed by atoms with E-state index in [1.165, 1.54) is 6.08 Å². The van der Waals surface area contributed by atoms with Crippen LogP contribution in [0.1, 0.15) is 64.4 Å². The second-order valence-corrected chi connectivity index (χ2v) is 11.9. The number of hydrogen-bond donors (Lipinski definition) is 2. The van der Waals surface area contributed by atoms with Crippen molar-refractivity contribution in [1.29, 1.82) is 0 Å². The lowest BCUT2D eigenvalue weighted by molar-refractivity contribution is -0.196. The number of esters is 1. The van der Waals surface area contributed by atoms with Crippen molar-refractivity contribution in [3.05, 3.63) is 54.1 Å². The molecule has 1 spiro atoms. The molecule has 0 heterocycles. The summed E-state index contributed by atoms with van der Waals surface area (Å²) in [6.07, 6.45) is 14.9. The lowest BCUT2D eigenvalue weighted by atomic mass is 9.40. The summed E-state index contributed by atoms with van der Waals surface area (Å²) in [4.78, 5) is 12.4. The van der Waals surface area contributed by atoms with Gasteiger partial charge < -0.3 is 14.9 Å². The summed E-state index contributed by atoms with van der Waals surface area (Å²) in [6.45, 7) is 5.03. The van der Waals surface area contributed by atoms with Crippen LogP contribution >= 0.6 is 0 Å². The number of carbonyl (C=O) groups excluding carboxylic acids is 1. The molecule has 7 atom stereocenters. The summed E-state index contributed by atoms with van der Waals surface area (Å²) >= 11 is 0. The van der Waals surface area contributed by atoms with Gasteiger partial charge in [0.1, 0.15) is 6.61 Å². The van der Waals surface area contributed by atoms with Crippen LogP contribution in [0.2, 0.25) is 0 Å². The first-order valence-corrected chi connectivity index (χ1v) is 12.6. The Morgan fingerprint density at radius 3 is 2.58 bits per heavy atom. The first-order chi connectivity index (χ1) is 15.8. The Kier molecular flexibility index (Phi) is 5.61. The average molecular weight is 451 g/mol. The molecule has 0 unspecified atom stereocenters. The van der Waals surface area contributed by atoms with E-state index in [9.17, 15) is 15.0 Å². The average Bonchev–Trinajstić information content (AvgIpc) is 3.10. The van der Waals surface area contributed by atoms with Crippen molar-refractivity contribution in [3.63, 3.8) is 0 Å². The van der Waals surface area contributed by atoms with Crippen molar-refractivity contribution in [2.75, 3.05) is 13.2 Å². The first kappa shape index (κ1) is 22.9. The quantitative estimate of drug-likeness (QED) is 0.370. The standard InChI is InChI=1S/C29H38O4/c1-26-13-12-24(31)27(2,19-30)22(26)11-15-29-17-16-28(18-29,14-10-23(26)29)20-33-25(32)9-8-21-6-4-3-5-7-21/h3-9,16-17,22-24,30-31H,10-15,18-20H2,1-2H3/b9-8+/t22-,23-,24-,26+,27-,28-,29-/m0/s1. The smallest absolute Gasteiger partial charge is 0.330 e. The van der Waals surface area contributed by atoms with Crippen LogP contribution in [0, 0.1) is 33.5 Å². The zero-order valence-electron chi connectivity index (χ0n) is 20.0. The van der Waals surface area contributed by atoms with E-state index in [-0.39, 0.29) is 28.8 Å². The number of benzene rings is 1. The molecule has 1 aromatic rings. The Morgan fingerprint density at radius 1 is 1.06 bits per heavy atom. The highest BCUT2D eigenvalue weighted by Crippen LogP contribution is 2.71. The number of carbonyl (C=O) groups is 1. The van der Waals surface area contributed by atoms with Gasteiger partial charge in [-0.2, -0.15) is 0 Å². The van der Waals surface area contributed by atoms with E-state index in [0.717, 1.165) is 50.5 Å². The largest absolute Gasteiger partial charge is 0.462 e. The van der Waals surface area contributed by atoms with Crippen molar-refractivity contribution in [2.45, 2.75) is 64.9 Å². The fourth-order valence-electron chi connectivity index (χ4n) is 8.38. The van der Waals surface area contributed by atoms with Crippen molar-refractivity contribution in [1.82, 2.24) is 0 Å². The summed E-state index contributed by atoms with van der Waals surface area (Å²) < 4.78 is 5.75. The molecule has 3 fully saturated rings. The van der Waals surface area contributed by atoms with E-state index >= 15 is 0 Å². The Labute approximate surface area is 197 Å². The molecule has 0 radical (unpaired) electrons. The van der Waals surface area contributed by atoms with Crippen LogP contribution in [0.3, 0.4) is 0 Å². The summed E-state index contributed by atoms with van der Waals surface area (Å²) in [6, 6.07) is 9.81. The van der Waals surface area contributed by atoms with E-state index in [0.29, 0.717) is 18.4 Å². The normalized spacial score (nSPS) is 43.8. The molecule has 4 aliphatic rings. The molecule has 4 heteroatoms. The zero-order chi connectivity index (χ0) is 23.3. The minimum atomic E-state index is -0.417. The third kappa shape index (κ3) is 3.61. The van der Waals surface area contributed by atoms with E-state index in [1.54, 1.807) is 6.08 Å². The minimum absolute atomic E-state index is 0.0512. The maximum Gasteiger partial charge on any atom is 0.330 e. The van der Waals surface area contributed by atoms with Gasteiger partial charge in [-0.05, 0) is 79.3 Å². The Bertz CT molecular complexity index is 954. The fourth-order valence-corrected chi connectivity index (χ4v) is 8.38. The van der Waals surface area contributed by atoms with Crippen LogP contribution < -0.4 is 0 Å². The van der Waals surface area contributed by atoms with Gasteiger partial charge in [0.25, 0.3) is 0 Å². The minimum Gasteiger partial charge on any atom is -0.462 e. The number of fused-ring (bicyclic) bond motifs is 3.